The summed E-state index contributed by atoms with van der Waals surface area (Å²) in [4.78, 5) is 11.6. The molecule has 0 unspecified atom stereocenters. The molecule has 1 aliphatic rings. The van der Waals surface area contributed by atoms with Crippen molar-refractivity contribution in [2.24, 2.45) is 5.92 Å². The Morgan fingerprint density at radius 3 is 2.73 bits per heavy atom. The zero-order chi connectivity index (χ0) is 15.9. The highest BCUT2D eigenvalue weighted by molar-refractivity contribution is 7.98. The van der Waals surface area contributed by atoms with Gasteiger partial charge in [-0.1, -0.05) is 38.5 Å². The van der Waals surface area contributed by atoms with Crippen LogP contribution in [0.2, 0.25) is 0 Å². The van der Waals surface area contributed by atoms with Crippen molar-refractivity contribution in [2.45, 2.75) is 70.0 Å². The zero-order valence-corrected chi connectivity index (χ0v) is 14.8. The van der Waals surface area contributed by atoms with E-state index in [9.17, 15) is 4.79 Å². The lowest BCUT2D eigenvalue weighted by atomic mass is 10.1. The van der Waals surface area contributed by atoms with Gasteiger partial charge in [0, 0.05) is 25.4 Å². The second-order valence-corrected chi connectivity index (χ2v) is 7.24. The first-order valence-electron chi connectivity index (χ1n) is 8.36. The smallest absolute Gasteiger partial charge is 0.220 e. The van der Waals surface area contributed by atoms with Crippen molar-refractivity contribution in [3.05, 3.63) is 5.82 Å². The molecule has 1 amide bonds. The van der Waals surface area contributed by atoms with Gasteiger partial charge in [0.1, 0.15) is 5.82 Å². The van der Waals surface area contributed by atoms with Crippen LogP contribution >= 0.6 is 11.8 Å². The summed E-state index contributed by atoms with van der Waals surface area (Å²) in [6, 6.07) is 0.572. The first kappa shape index (κ1) is 17.3. The van der Waals surface area contributed by atoms with E-state index >= 15 is 0 Å². The average Bonchev–Trinajstić information content (AvgIpc) is 3.11. The summed E-state index contributed by atoms with van der Waals surface area (Å²) in [5.74, 6) is 1.64. The molecule has 5 nitrogen and oxygen atoms in total. The number of carbonyl (C=O) groups is 1. The number of nitrogens with one attached hydrogen (secondary N) is 1. The van der Waals surface area contributed by atoms with Gasteiger partial charge in [-0.15, -0.1) is 10.2 Å². The van der Waals surface area contributed by atoms with Crippen LogP contribution in [0.15, 0.2) is 5.16 Å². The average molecular weight is 324 g/mol. The predicted molar refractivity (Wildman–Crippen MR) is 90.1 cm³/mol. The van der Waals surface area contributed by atoms with E-state index in [1.54, 1.807) is 11.8 Å². The summed E-state index contributed by atoms with van der Waals surface area (Å²) >= 11 is 1.67. The molecular formula is C16H28N4OS. The third kappa shape index (κ3) is 4.73. The summed E-state index contributed by atoms with van der Waals surface area (Å²) < 4.78 is 2.34. The standard InChI is InChI=1S/C16H28N4OS/c1-12(2)11-15(21)17-10-6-9-14-18-19-16(22-3)20(14)13-7-4-5-8-13/h12-13H,4-11H2,1-3H3,(H,17,21). The lowest BCUT2D eigenvalue weighted by molar-refractivity contribution is -0.121. The Morgan fingerprint density at radius 2 is 2.09 bits per heavy atom. The second-order valence-electron chi connectivity index (χ2n) is 6.46. The number of nitrogens with zero attached hydrogens (tertiary/aromatic N) is 3. The Labute approximate surface area is 137 Å². The van der Waals surface area contributed by atoms with Crippen LogP contribution in [0, 0.1) is 5.92 Å². The number of rotatable bonds is 8. The van der Waals surface area contributed by atoms with Crippen LogP contribution in [0.4, 0.5) is 0 Å². The minimum atomic E-state index is 0.150. The molecule has 1 aromatic heterocycles. The van der Waals surface area contributed by atoms with E-state index < -0.39 is 0 Å². The van der Waals surface area contributed by atoms with Crippen LogP contribution in [0.1, 0.15) is 64.2 Å². The van der Waals surface area contributed by atoms with Gasteiger partial charge in [0.2, 0.25) is 5.91 Å². The molecule has 0 aromatic carbocycles. The molecule has 6 heteroatoms. The van der Waals surface area contributed by atoms with Crippen molar-refractivity contribution < 1.29 is 4.79 Å². The number of hydrogen-bond acceptors (Lipinski definition) is 4. The van der Waals surface area contributed by atoms with E-state index in [0.717, 1.165) is 30.4 Å². The van der Waals surface area contributed by atoms with E-state index in [0.29, 0.717) is 18.4 Å². The predicted octanol–water partition coefficient (Wildman–Crippen LogP) is 3.21. The van der Waals surface area contributed by atoms with Crippen LogP contribution < -0.4 is 5.32 Å². The highest BCUT2D eigenvalue weighted by atomic mass is 32.2. The van der Waals surface area contributed by atoms with Crippen LogP contribution in [0.3, 0.4) is 0 Å². The summed E-state index contributed by atoms with van der Waals surface area (Å²) in [6.45, 7) is 4.85. The van der Waals surface area contributed by atoms with E-state index in [2.05, 4.69) is 40.2 Å². The molecular weight excluding hydrogens is 296 g/mol. The maximum absolute atomic E-state index is 11.6. The molecule has 1 fully saturated rings. The van der Waals surface area contributed by atoms with Crippen molar-refractivity contribution in [3.63, 3.8) is 0 Å². The van der Waals surface area contributed by atoms with Gasteiger partial charge in [-0.25, -0.2) is 0 Å². The van der Waals surface area contributed by atoms with Gasteiger partial charge in [0.15, 0.2) is 5.16 Å². The minimum Gasteiger partial charge on any atom is -0.356 e. The van der Waals surface area contributed by atoms with Gasteiger partial charge in [0.25, 0.3) is 0 Å². The van der Waals surface area contributed by atoms with Crippen LogP contribution in [0.5, 0.6) is 0 Å². The molecule has 22 heavy (non-hydrogen) atoms. The molecule has 2 rings (SSSR count). The first-order chi connectivity index (χ1) is 10.6. The van der Waals surface area contributed by atoms with E-state index in [4.69, 9.17) is 0 Å². The van der Waals surface area contributed by atoms with Gasteiger partial charge in [-0.05, 0) is 31.4 Å². The molecule has 1 aliphatic carbocycles. The van der Waals surface area contributed by atoms with Crippen molar-refractivity contribution in [1.29, 1.82) is 0 Å². The van der Waals surface area contributed by atoms with Gasteiger partial charge in [-0.2, -0.15) is 0 Å². The van der Waals surface area contributed by atoms with Crippen molar-refractivity contribution in [3.8, 4) is 0 Å². The van der Waals surface area contributed by atoms with Crippen LogP contribution in [0.25, 0.3) is 0 Å². The third-order valence-corrected chi connectivity index (χ3v) is 4.74. The molecule has 0 aliphatic heterocycles. The van der Waals surface area contributed by atoms with Crippen LogP contribution in [-0.2, 0) is 11.2 Å². The summed E-state index contributed by atoms with van der Waals surface area (Å²) in [6.07, 6.45) is 9.56. The van der Waals surface area contributed by atoms with Crippen molar-refractivity contribution in [2.75, 3.05) is 12.8 Å². The monoisotopic (exact) mass is 324 g/mol. The number of amides is 1. The quantitative estimate of drug-likeness (QED) is 0.589. The van der Waals surface area contributed by atoms with E-state index in [1.807, 2.05) is 0 Å². The number of aromatic nitrogens is 3. The Morgan fingerprint density at radius 1 is 1.36 bits per heavy atom. The van der Waals surface area contributed by atoms with Gasteiger partial charge in [0.05, 0.1) is 0 Å². The Hall–Kier alpha value is -1.04. The number of hydrogen-bond donors (Lipinski definition) is 1. The first-order valence-corrected chi connectivity index (χ1v) is 9.58. The molecule has 1 saturated carbocycles. The van der Waals surface area contributed by atoms with E-state index in [1.165, 1.54) is 25.7 Å². The van der Waals surface area contributed by atoms with Crippen LogP contribution in [-0.4, -0.2) is 33.5 Å². The maximum atomic E-state index is 11.6. The molecule has 0 saturated heterocycles. The largest absolute Gasteiger partial charge is 0.356 e. The number of aryl methyl sites for hydroxylation is 1. The highest BCUT2D eigenvalue weighted by Crippen LogP contribution is 2.33. The summed E-state index contributed by atoms with van der Waals surface area (Å²) in [7, 11) is 0. The fraction of sp³-hybridized carbons (Fsp3) is 0.812. The normalized spacial score (nSPS) is 15.6. The topological polar surface area (TPSA) is 59.8 Å². The SMILES string of the molecule is CSc1nnc(CCCNC(=O)CC(C)C)n1C1CCCC1. The van der Waals surface area contributed by atoms with Gasteiger partial charge < -0.3 is 9.88 Å². The lowest BCUT2D eigenvalue weighted by Crippen LogP contribution is -2.26. The molecule has 0 bridgehead atoms. The Balaban J connectivity index is 1.85. The molecule has 1 N–H and O–H groups in total. The molecule has 1 aromatic rings. The zero-order valence-electron chi connectivity index (χ0n) is 14.0. The van der Waals surface area contributed by atoms with Crippen molar-refractivity contribution >= 4 is 17.7 Å². The number of thioether (sulfide) groups is 1. The fourth-order valence-electron chi connectivity index (χ4n) is 3.06. The third-order valence-electron chi connectivity index (χ3n) is 4.10. The van der Waals surface area contributed by atoms with Crippen molar-refractivity contribution in [1.82, 2.24) is 20.1 Å². The summed E-state index contributed by atoms with van der Waals surface area (Å²) in [5.41, 5.74) is 0. The summed E-state index contributed by atoms with van der Waals surface area (Å²) in [5, 5.41) is 12.7. The Bertz CT molecular complexity index is 480. The minimum absolute atomic E-state index is 0.150. The molecule has 0 radical (unpaired) electrons. The van der Waals surface area contributed by atoms with E-state index in [-0.39, 0.29) is 5.91 Å². The Kier molecular flexibility index (Phi) is 6.73. The fourth-order valence-corrected chi connectivity index (χ4v) is 3.64. The second kappa shape index (κ2) is 8.56. The van der Waals surface area contributed by atoms with Gasteiger partial charge in [-0.3, -0.25) is 4.79 Å². The molecule has 1 heterocycles. The lowest BCUT2D eigenvalue weighted by Gasteiger charge is -2.16. The number of carbonyl (C=O) groups excluding carboxylic acids is 1. The molecule has 0 atom stereocenters. The highest BCUT2D eigenvalue weighted by Gasteiger charge is 2.23. The molecule has 0 spiro atoms. The molecule has 124 valence electrons. The maximum Gasteiger partial charge on any atom is 0.220 e. The van der Waals surface area contributed by atoms with Gasteiger partial charge >= 0.3 is 0 Å².